The van der Waals surface area contributed by atoms with E-state index in [4.69, 9.17) is 16.3 Å². The number of alkyl halides is 2. The Kier molecular flexibility index (Phi) is 5.41. The zero-order valence-electron chi connectivity index (χ0n) is 14.2. The van der Waals surface area contributed by atoms with E-state index >= 15 is 0 Å². The lowest BCUT2D eigenvalue weighted by Gasteiger charge is -2.29. The Labute approximate surface area is 154 Å². The van der Waals surface area contributed by atoms with Crippen molar-refractivity contribution in [3.8, 4) is 5.82 Å². The van der Waals surface area contributed by atoms with Crippen molar-refractivity contribution in [3.63, 3.8) is 0 Å². The molecule has 0 radical (unpaired) electrons. The van der Waals surface area contributed by atoms with Gasteiger partial charge in [0.1, 0.15) is 5.82 Å². The number of ether oxygens (including phenoxy) is 1. The SMILES string of the molecule is CCOC(=O)c1ccn(-c2cc(Cl)cc(NC3CCC(F)(F)CC3)n2)n1. The van der Waals surface area contributed by atoms with E-state index in [9.17, 15) is 13.6 Å². The second-order valence-electron chi connectivity index (χ2n) is 6.17. The summed E-state index contributed by atoms with van der Waals surface area (Å²) in [5.74, 6) is -2.20. The molecule has 1 aliphatic rings. The highest BCUT2D eigenvalue weighted by atomic mass is 35.5. The molecule has 3 rings (SSSR count). The quantitative estimate of drug-likeness (QED) is 0.786. The van der Waals surface area contributed by atoms with Crippen molar-refractivity contribution >= 4 is 23.4 Å². The summed E-state index contributed by atoms with van der Waals surface area (Å²) in [6.45, 7) is 1.97. The molecule has 1 saturated carbocycles. The van der Waals surface area contributed by atoms with Gasteiger partial charge in [0.05, 0.1) is 6.61 Å². The van der Waals surface area contributed by atoms with Gasteiger partial charge in [-0.2, -0.15) is 5.10 Å². The Morgan fingerprint density at radius 3 is 2.85 bits per heavy atom. The zero-order chi connectivity index (χ0) is 18.7. The summed E-state index contributed by atoms with van der Waals surface area (Å²) in [5, 5.41) is 7.72. The van der Waals surface area contributed by atoms with Crippen LogP contribution in [0.15, 0.2) is 24.4 Å². The van der Waals surface area contributed by atoms with Gasteiger partial charge in [-0.25, -0.2) is 23.2 Å². The molecule has 1 fully saturated rings. The van der Waals surface area contributed by atoms with Gasteiger partial charge in [0, 0.05) is 36.2 Å². The van der Waals surface area contributed by atoms with E-state index in [2.05, 4.69) is 15.4 Å². The van der Waals surface area contributed by atoms with Gasteiger partial charge in [0.15, 0.2) is 11.5 Å². The molecule has 2 aromatic rings. The summed E-state index contributed by atoms with van der Waals surface area (Å²) >= 11 is 6.15. The summed E-state index contributed by atoms with van der Waals surface area (Å²) in [5.41, 5.74) is 0.164. The van der Waals surface area contributed by atoms with Crippen LogP contribution in [0.5, 0.6) is 0 Å². The van der Waals surface area contributed by atoms with Crippen LogP contribution in [0.25, 0.3) is 5.82 Å². The van der Waals surface area contributed by atoms with Crippen molar-refractivity contribution < 1.29 is 18.3 Å². The molecule has 26 heavy (non-hydrogen) atoms. The minimum Gasteiger partial charge on any atom is -0.461 e. The molecule has 0 bridgehead atoms. The second-order valence-corrected chi connectivity index (χ2v) is 6.61. The molecular weight excluding hydrogens is 366 g/mol. The number of nitrogens with one attached hydrogen (secondary N) is 1. The third-order valence-corrected chi connectivity index (χ3v) is 4.37. The number of halogens is 3. The van der Waals surface area contributed by atoms with E-state index in [0.29, 0.717) is 29.5 Å². The van der Waals surface area contributed by atoms with Gasteiger partial charge in [0.2, 0.25) is 5.92 Å². The number of hydrogen-bond acceptors (Lipinski definition) is 5. The van der Waals surface area contributed by atoms with E-state index in [1.165, 1.54) is 10.7 Å². The van der Waals surface area contributed by atoms with Gasteiger partial charge in [-0.3, -0.25) is 0 Å². The van der Waals surface area contributed by atoms with Crippen molar-refractivity contribution in [3.05, 3.63) is 35.1 Å². The Balaban J connectivity index is 1.75. The number of carbonyl (C=O) groups is 1. The fourth-order valence-corrected chi connectivity index (χ4v) is 3.03. The number of rotatable bonds is 5. The smallest absolute Gasteiger partial charge is 0.358 e. The van der Waals surface area contributed by atoms with Crippen LogP contribution in [-0.4, -0.2) is 39.3 Å². The lowest BCUT2D eigenvalue weighted by atomic mass is 9.92. The fourth-order valence-electron chi connectivity index (χ4n) is 2.83. The Morgan fingerprint density at radius 2 is 2.15 bits per heavy atom. The molecule has 0 spiro atoms. The molecule has 1 N–H and O–H groups in total. The Hall–Kier alpha value is -2.22. The maximum atomic E-state index is 13.3. The molecule has 0 aliphatic heterocycles. The number of anilines is 1. The molecule has 6 nitrogen and oxygen atoms in total. The monoisotopic (exact) mass is 384 g/mol. The largest absolute Gasteiger partial charge is 0.461 e. The van der Waals surface area contributed by atoms with Crippen LogP contribution in [0, 0.1) is 0 Å². The molecule has 2 heterocycles. The van der Waals surface area contributed by atoms with Crippen molar-refractivity contribution in [1.82, 2.24) is 14.8 Å². The second kappa shape index (κ2) is 7.57. The predicted molar refractivity (Wildman–Crippen MR) is 93.2 cm³/mol. The molecule has 0 unspecified atom stereocenters. The summed E-state index contributed by atoms with van der Waals surface area (Å²) in [7, 11) is 0. The summed E-state index contributed by atoms with van der Waals surface area (Å²) < 4.78 is 32.9. The normalized spacial score (nSPS) is 17.1. The number of esters is 1. The number of carbonyl (C=O) groups excluding carboxylic acids is 1. The minimum atomic E-state index is -2.58. The highest BCUT2D eigenvalue weighted by Gasteiger charge is 2.34. The molecule has 0 aromatic carbocycles. The minimum absolute atomic E-state index is 0.0823. The maximum Gasteiger partial charge on any atom is 0.358 e. The first kappa shape index (κ1) is 18.6. The summed E-state index contributed by atoms with van der Waals surface area (Å²) in [6.07, 6.45) is 2.03. The lowest BCUT2D eigenvalue weighted by molar-refractivity contribution is -0.0361. The van der Waals surface area contributed by atoms with Crippen LogP contribution in [-0.2, 0) is 4.74 Å². The number of hydrogen-bond donors (Lipinski definition) is 1. The van der Waals surface area contributed by atoms with E-state index in [1.807, 2.05) is 0 Å². The number of pyridine rings is 1. The van der Waals surface area contributed by atoms with E-state index in [1.54, 1.807) is 25.3 Å². The average Bonchev–Trinajstić information content (AvgIpc) is 3.07. The van der Waals surface area contributed by atoms with Gasteiger partial charge >= 0.3 is 5.97 Å². The molecule has 1 aliphatic carbocycles. The highest BCUT2D eigenvalue weighted by Crippen LogP contribution is 2.34. The van der Waals surface area contributed by atoms with E-state index in [-0.39, 0.29) is 31.2 Å². The van der Waals surface area contributed by atoms with Gasteiger partial charge in [-0.1, -0.05) is 11.6 Å². The molecule has 9 heteroatoms. The first-order valence-electron chi connectivity index (χ1n) is 8.41. The number of nitrogens with zero attached hydrogens (tertiary/aromatic N) is 3. The van der Waals surface area contributed by atoms with Crippen LogP contribution in [0.4, 0.5) is 14.6 Å². The van der Waals surface area contributed by atoms with Gasteiger partial charge in [-0.05, 0) is 31.9 Å². The third kappa shape index (κ3) is 4.49. The Bertz CT molecular complexity index is 787. The van der Waals surface area contributed by atoms with E-state index in [0.717, 1.165) is 0 Å². The van der Waals surface area contributed by atoms with Crippen LogP contribution in [0.1, 0.15) is 43.1 Å². The van der Waals surface area contributed by atoms with Crippen LogP contribution < -0.4 is 5.32 Å². The summed E-state index contributed by atoms with van der Waals surface area (Å²) in [4.78, 5) is 16.1. The standard InChI is InChI=1S/C17H19ClF2N4O2/c1-2-26-16(25)13-5-8-24(23-13)15-10-11(18)9-14(22-15)21-12-3-6-17(19,20)7-4-12/h5,8-10,12H,2-4,6-7H2,1H3,(H,21,22). The van der Waals surface area contributed by atoms with Crippen molar-refractivity contribution in [2.24, 2.45) is 0 Å². The van der Waals surface area contributed by atoms with Crippen LogP contribution in [0.3, 0.4) is 0 Å². The molecule has 0 saturated heterocycles. The molecular formula is C17H19ClF2N4O2. The topological polar surface area (TPSA) is 69.0 Å². The molecule has 0 atom stereocenters. The average molecular weight is 385 g/mol. The van der Waals surface area contributed by atoms with Crippen molar-refractivity contribution in [2.75, 3.05) is 11.9 Å². The molecule has 0 amide bonds. The Morgan fingerprint density at radius 1 is 1.42 bits per heavy atom. The third-order valence-electron chi connectivity index (χ3n) is 4.15. The predicted octanol–water partition coefficient (Wildman–Crippen LogP) is 4.09. The van der Waals surface area contributed by atoms with Crippen LogP contribution >= 0.6 is 11.6 Å². The first-order chi connectivity index (χ1) is 12.4. The van der Waals surface area contributed by atoms with Crippen molar-refractivity contribution in [2.45, 2.75) is 44.6 Å². The fraction of sp³-hybridized carbons (Fsp3) is 0.471. The van der Waals surface area contributed by atoms with E-state index < -0.39 is 11.9 Å². The van der Waals surface area contributed by atoms with Gasteiger partial charge < -0.3 is 10.1 Å². The molecule has 2 aromatic heterocycles. The first-order valence-corrected chi connectivity index (χ1v) is 8.79. The zero-order valence-corrected chi connectivity index (χ0v) is 15.0. The van der Waals surface area contributed by atoms with Crippen molar-refractivity contribution in [1.29, 1.82) is 0 Å². The van der Waals surface area contributed by atoms with Gasteiger partial charge in [0.25, 0.3) is 0 Å². The number of aromatic nitrogens is 3. The highest BCUT2D eigenvalue weighted by molar-refractivity contribution is 6.31. The van der Waals surface area contributed by atoms with Gasteiger partial charge in [-0.15, -0.1) is 0 Å². The maximum absolute atomic E-state index is 13.3. The lowest BCUT2D eigenvalue weighted by Crippen LogP contribution is -2.32. The molecule has 140 valence electrons. The van der Waals surface area contributed by atoms with Crippen LogP contribution in [0.2, 0.25) is 5.02 Å². The summed E-state index contributed by atoms with van der Waals surface area (Å²) in [6, 6.07) is 4.68.